The summed E-state index contributed by atoms with van der Waals surface area (Å²) in [5.41, 5.74) is 0. The molecule has 21 heavy (non-hydrogen) atoms. The molecule has 1 aliphatic rings. The molecule has 1 rings (SSSR count). The van der Waals surface area contributed by atoms with Crippen molar-refractivity contribution in [2.75, 3.05) is 6.54 Å². The highest BCUT2D eigenvalue weighted by molar-refractivity contribution is 6.04. The summed E-state index contributed by atoms with van der Waals surface area (Å²) in [4.78, 5) is 47.5. The lowest BCUT2D eigenvalue weighted by molar-refractivity contribution is -0.139. The van der Waals surface area contributed by atoms with E-state index in [1.54, 1.807) is 6.92 Å². The number of imide groups is 1. The number of piperazine rings is 1. The van der Waals surface area contributed by atoms with Gasteiger partial charge in [-0.15, -0.1) is 0 Å². The molecule has 0 bridgehead atoms. The molecule has 0 saturated carbocycles. The molecule has 2 atom stereocenters. The molecule has 1 heterocycles. The third kappa shape index (κ3) is 4.44. The Morgan fingerprint density at radius 1 is 1.43 bits per heavy atom. The summed E-state index contributed by atoms with van der Waals surface area (Å²) >= 11 is 0. The predicted molar refractivity (Wildman–Crippen MR) is 73.3 cm³/mol. The number of amides is 4. The van der Waals surface area contributed by atoms with E-state index in [1.165, 1.54) is 0 Å². The molecule has 0 aromatic rings. The molecule has 3 N–H and O–H groups in total. The van der Waals surface area contributed by atoms with Crippen LogP contribution < -0.4 is 10.6 Å². The minimum Gasteiger partial charge on any atom is -0.480 e. The Morgan fingerprint density at radius 2 is 2.05 bits per heavy atom. The van der Waals surface area contributed by atoms with E-state index < -0.39 is 35.9 Å². The molecular weight excluding hydrogens is 278 g/mol. The summed E-state index contributed by atoms with van der Waals surface area (Å²) in [7, 11) is 0. The van der Waals surface area contributed by atoms with Crippen molar-refractivity contribution < 1.29 is 24.3 Å². The van der Waals surface area contributed by atoms with Crippen LogP contribution in [0.25, 0.3) is 0 Å². The molecule has 1 aliphatic heterocycles. The summed E-state index contributed by atoms with van der Waals surface area (Å²) < 4.78 is 0. The fourth-order valence-corrected chi connectivity index (χ4v) is 2.21. The van der Waals surface area contributed by atoms with Gasteiger partial charge in [0.1, 0.15) is 18.6 Å². The summed E-state index contributed by atoms with van der Waals surface area (Å²) in [5.74, 6) is -2.17. The number of carbonyl (C=O) groups is 4. The van der Waals surface area contributed by atoms with Crippen molar-refractivity contribution in [3.05, 3.63) is 0 Å². The quantitative estimate of drug-likeness (QED) is 0.615. The Hall–Kier alpha value is -2.12. The molecule has 8 heteroatoms. The topological polar surface area (TPSA) is 116 Å². The van der Waals surface area contributed by atoms with Crippen LogP contribution >= 0.6 is 0 Å². The first-order valence-corrected chi connectivity index (χ1v) is 6.89. The molecule has 2 unspecified atom stereocenters. The lowest BCUT2D eigenvalue weighted by Gasteiger charge is -2.34. The number of carboxylic acid groups (broad SMARTS) is 1. The van der Waals surface area contributed by atoms with Crippen LogP contribution in [-0.4, -0.2) is 52.4 Å². The highest BCUT2D eigenvalue weighted by Crippen LogP contribution is 2.11. The van der Waals surface area contributed by atoms with Gasteiger partial charge >= 0.3 is 12.0 Å². The normalized spacial score (nSPS) is 20.2. The summed E-state index contributed by atoms with van der Waals surface area (Å²) in [6.07, 6.45) is 0.611. The van der Waals surface area contributed by atoms with E-state index in [-0.39, 0.29) is 18.9 Å². The molecule has 1 fully saturated rings. The predicted octanol–water partition coefficient (Wildman–Crippen LogP) is -0.0677. The smallest absolute Gasteiger partial charge is 0.326 e. The highest BCUT2D eigenvalue weighted by atomic mass is 16.4. The molecule has 1 saturated heterocycles. The Balaban J connectivity index is 2.81. The van der Waals surface area contributed by atoms with Crippen molar-refractivity contribution in [3.8, 4) is 0 Å². The lowest BCUT2D eigenvalue weighted by atomic mass is 10.0. The number of carboxylic acids is 1. The maximum atomic E-state index is 12.2. The van der Waals surface area contributed by atoms with Crippen molar-refractivity contribution in [1.29, 1.82) is 0 Å². The molecule has 0 radical (unpaired) electrons. The molecular formula is C13H21N3O5. The van der Waals surface area contributed by atoms with Crippen LogP contribution in [-0.2, 0) is 14.4 Å². The molecule has 0 aromatic heterocycles. The van der Waals surface area contributed by atoms with E-state index >= 15 is 0 Å². The van der Waals surface area contributed by atoms with Gasteiger partial charge in [0, 0.05) is 0 Å². The van der Waals surface area contributed by atoms with E-state index in [9.17, 15) is 19.2 Å². The maximum absolute atomic E-state index is 12.2. The third-order valence-corrected chi connectivity index (χ3v) is 3.21. The zero-order valence-electron chi connectivity index (χ0n) is 12.4. The van der Waals surface area contributed by atoms with Gasteiger partial charge in [-0.25, -0.2) is 9.59 Å². The van der Waals surface area contributed by atoms with Gasteiger partial charge in [0.25, 0.3) is 0 Å². The van der Waals surface area contributed by atoms with Crippen LogP contribution in [0.5, 0.6) is 0 Å². The number of carbonyl (C=O) groups excluding carboxylic acids is 3. The van der Waals surface area contributed by atoms with Gasteiger partial charge in [-0.05, 0) is 18.8 Å². The van der Waals surface area contributed by atoms with Crippen LogP contribution in [0.3, 0.4) is 0 Å². The van der Waals surface area contributed by atoms with Crippen LogP contribution in [0, 0.1) is 5.92 Å². The zero-order chi connectivity index (χ0) is 16.2. The Morgan fingerprint density at radius 3 is 2.52 bits per heavy atom. The van der Waals surface area contributed by atoms with Gasteiger partial charge in [-0.1, -0.05) is 20.8 Å². The molecule has 4 amide bonds. The zero-order valence-corrected chi connectivity index (χ0v) is 12.4. The average Bonchev–Trinajstić information content (AvgIpc) is 2.36. The van der Waals surface area contributed by atoms with Crippen LogP contribution in [0.2, 0.25) is 0 Å². The first-order valence-electron chi connectivity index (χ1n) is 6.89. The van der Waals surface area contributed by atoms with E-state index in [0.29, 0.717) is 6.42 Å². The fourth-order valence-electron chi connectivity index (χ4n) is 2.21. The lowest BCUT2D eigenvalue weighted by Crippen LogP contribution is -2.62. The van der Waals surface area contributed by atoms with E-state index in [0.717, 1.165) is 4.90 Å². The van der Waals surface area contributed by atoms with Crippen LogP contribution in [0.4, 0.5) is 4.79 Å². The Kier molecular flexibility index (Phi) is 5.69. The second kappa shape index (κ2) is 7.05. The molecule has 8 nitrogen and oxygen atoms in total. The Labute approximate surface area is 122 Å². The largest absolute Gasteiger partial charge is 0.480 e. The van der Waals surface area contributed by atoms with Gasteiger partial charge < -0.3 is 15.3 Å². The number of urea groups is 1. The second-order valence-corrected chi connectivity index (χ2v) is 5.43. The van der Waals surface area contributed by atoms with E-state index in [4.69, 9.17) is 5.11 Å². The number of hydrogen-bond donors (Lipinski definition) is 3. The molecule has 118 valence electrons. The van der Waals surface area contributed by atoms with Gasteiger partial charge in [0.15, 0.2) is 0 Å². The van der Waals surface area contributed by atoms with Crippen LogP contribution in [0.15, 0.2) is 0 Å². The van der Waals surface area contributed by atoms with Crippen molar-refractivity contribution in [2.45, 2.75) is 45.7 Å². The van der Waals surface area contributed by atoms with Crippen molar-refractivity contribution in [2.24, 2.45) is 5.92 Å². The number of hydrogen-bond acceptors (Lipinski definition) is 4. The van der Waals surface area contributed by atoms with E-state index in [1.807, 2.05) is 13.8 Å². The molecule has 0 aromatic carbocycles. The highest BCUT2D eigenvalue weighted by Gasteiger charge is 2.36. The summed E-state index contributed by atoms with van der Waals surface area (Å²) in [6, 6.07) is -2.52. The van der Waals surface area contributed by atoms with Crippen molar-refractivity contribution in [3.63, 3.8) is 0 Å². The molecule has 0 spiro atoms. The minimum atomic E-state index is -1.14. The first kappa shape index (κ1) is 16.9. The first-order chi connectivity index (χ1) is 9.76. The summed E-state index contributed by atoms with van der Waals surface area (Å²) in [5, 5.41) is 13.7. The number of rotatable bonds is 5. The van der Waals surface area contributed by atoms with Gasteiger partial charge in [-0.2, -0.15) is 0 Å². The van der Waals surface area contributed by atoms with Gasteiger partial charge in [-0.3, -0.25) is 14.9 Å². The SMILES string of the molecule is CCC1C(=O)NC(=O)CN1C(=O)NC(CC(C)C)C(=O)O. The van der Waals surface area contributed by atoms with Gasteiger partial charge in [0.2, 0.25) is 11.8 Å². The number of nitrogens with zero attached hydrogens (tertiary/aromatic N) is 1. The third-order valence-electron chi connectivity index (χ3n) is 3.21. The molecule has 0 aliphatic carbocycles. The van der Waals surface area contributed by atoms with E-state index in [2.05, 4.69) is 10.6 Å². The van der Waals surface area contributed by atoms with Crippen molar-refractivity contribution in [1.82, 2.24) is 15.5 Å². The minimum absolute atomic E-state index is 0.0830. The second-order valence-electron chi connectivity index (χ2n) is 5.43. The van der Waals surface area contributed by atoms with Gasteiger partial charge in [0.05, 0.1) is 0 Å². The number of nitrogens with one attached hydrogen (secondary N) is 2. The van der Waals surface area contributed by atoms with Crippen molar-refractivity contribution >= 4 is 23.8 Å². The fraction of sp³-hybridized carbons (Fsp3) is 0.692. The summed E-state index contributed by atoms with van der Waals surface area (Å²) in [6.45, 7) is 5.14. The maximum Gasteiger partial charge on any atom is 0.326 e. The average molecular weight is 299 g/mol. The number of aliphatic carboxylic acids is 1. The monoisotopic (exact) mass is 299 g/mol. The van der Waals surface area contributed by atoms with Crippen LogP contribution in [0.1, 0.15) is 33.6 Å². The standard InChI is InChI=1S/C13H21N3O5/c1-4-9-11(18)15-10(17)6-16(9)13(21)14-8(12(19)20)5-7(2)3/h7-9H,4-6H2,1-3H3,(H,14,21)(H,19,20)(H,15,17,18). The Bertz CT molecular complexity index is 449.